The Morgan fingerprint density at radius 2 is 1.88 bits per heavy atom. The molecule has 0 spiro atoms. The molecule has 0 aliphatic rings. The van der Waals surface area contributed by atoms with Crippen molar-refractivity contribution < 1.29 is 8.42 Å². The normalized spacial score (nSPS) is 11.3. The minimum Gasteiger partial charge on any atom is -0.360 e. The van der Waals surface area contributed by atoms with Gasteiger partial charge in [0.15, 0.2) is 0 Å². The first-order valence-electron chi connectivity index (χ1n) is 8.10. The van der Waals surface area contributed by atoms with Crippen molar-refractivity contribution in [3.05, 3.63) is 47.7 Å². The van der Waals surface area contributed by atoms with Gasteiger partial charge in [0.05, 0.1) is 16.8 Å². The maximum Gasteiger partial charge on any atom is 0.261 e. The third-order valence-electron chi connectivity index (χ3n) is 4.03. The molecule has 0 atom stereocenters. The Kier molecular flexibility index (Phi) is 5.83. The van der Waals surface area contributed by atoms with Gasteiger partial charge in [0.2, 0.25) is 0 Å². The Balaban J connectivity index is 2.13. The van der Waals surface area contributed by atoms with Crippen LogP contribution in [0.5, 0.6) is 0 Å². The highest BCUT2D eigenvalue weighted by molar-refractivity contribution is 7.92. The number of rotatable bonds is 7. The van der Waals surface area contributed by atoms with Gasteiger partial charge in [0.1, 0.15) is 5.82 Å². The number of nitrogens with zero attached hydrogens (tertiary/aromatic N) is 2. The summed E-state index contributed by atoms with van der Waals surface area (Å²) in [6, 6.07) is 8.67. The van der Waals surface area contributed by atoms with Gasteiger partial charge >= 0.3 is 0 Å². The Hall–Kier alpha value is -2.08. The standard InChI is InChI=1S/C18H25N3O2S/c1-5-6-11-21(4)18-10-8-16(13-19-18)20-24(22,23)17-9-7-14(2)15(3)12-17/h7-10,12-13,20H,5-6,11H2,1-4H3. The number of hydrogen-bond acceptors (Lipinski definition) is 4. The molecule has 2 rings (SSSR count). The second-order valence-electron chi connectivity index (χ2n) is 6.03. The molecule has 0 amide bonds. The number of aromatic nitrogens is 1. The maximum atomic E-state index is 12.5. The van der Waals surface area contributed by atoms with Crippen LogP contribution in [0.15, 0.2) is 41.4 Å². The molecule has 6 heteroatoms. The quantitative estimate of drug-likeness (QED) is 0.829. The topological polar surface area (TPSA) is 62.3 Å². The molecule has 0 radical (unpaired) electrons. The minimum absolute atomic E-state index is 0.259. The molecule has 1 heterocycles. The SMILES string of the molecule is CCCCN(C)c1ccc(NS(=O)(=O)c2ccc(C)c(C)c2)cn1. The Morgan fingerprint density at radius 1 is 1.12 bits per heavy atom. The van der Waals surface area contributed by atoms with Gasteiger partial charge in [-0.2, -0.15) is 0 Å². The van der Waals surface area contributed by atoms with Crippen LogP contribution in [-0.4, -0.2) is 27.0 Å². The second-order valence-corrected chi connectivity index (χ2v) is 7.71. The highest BCUT2D eigenvalue weighted by atomic mass is 32.2. The molecule has 0 aliphatic carbocycles. The smallest absolute Gasteiger partial charge is 0.261 e. The van der Waals surface area contributed by atoms with E-state index in [1.54, 1.807) is 24.4 Å². The fourth-order valence-electron chi connectivity index (χ4n) is 2.28. The molecule has 1 aromatic carbocycles. The zero-order valence-electron chi connectivity index (χ0n) is 14.7. The van der Waals surface area contributed by atoms with Crippen molar-refractivity contribution in [3.8, 4) is 0 Å². The third-order valence-corrected chi connectivity index (χ3v) is 5.41. The molecule has 0 unspecified atom stereocenters. The van der Waals surface area contributed by atoms with Gasteiger partial charge < -0.3 is 4.90 Å². The first-order chi connectivity index (χ1) is 11.3. The van der Waals surface area contributed by atoms with Crippen molar-refractivity contribution in [2.24, 2.45) is 0 Å². The number of hydrogen-bond donors (Lipinski definition) is 1. The third kappa shape index (κ3) is 4.47. The molecule has 0 saturated heterocycles. The number of anilines is 2. The molecule has 24 heavy (non-hydrogen) atoms. The van der Waals surface area contributed by atoms with Crippen LogP contribution in [0.4, 0.5) is 11.5 Å². The van der Waals surface area contributed by atoms with Crippen LogP contribution < -0.4 is 9.62 Å². The summed E-state index contributed by atoms with van der Waals surface area (Å²) < 4.78 is 27.5. The summed E-state index contributed by atoms with van der Waals surface area (Å²) in [5.74, 6) is 0.831. The lowest BCUT2D eigenvalue weighted by atomic mass is 10.1. The van der Waals surface area contributed by atoms with E-state index in [0.29, 0.717) is 5.69 Å². The molecule has 2 aromatic rings. The number of nitrogens with one attached hydrogen (secondary N) is 1. The summed E-state index contributed by atoms with van der Waals surface area (Å²) >= 11 is 0. The lowest BCUT2D eigenvalue weighted by Crippen LogP contribution is -2.19. The van der Waals surface area contributed by atoms with Gasteiger partial charge in [0.25, 0.3) is 10.0 Å². The predicted octanol–water partition coefficient (Wildman–Crippen LogP) is 3.74. The van der Waals surface area contributed by atoms with Crippen LogP contribution in [0.2, 0.25) is 0 Å². The fraction of sp³-hybridized carbons (Fsp3) is 0.389. The highest BCUT2D eigenvalue weighted by Crippen LogP contribution is 2.20. The summed E-state index contributed by atoms with van der Waals surface area (Å²) in [6.45, 7) is 6.93. The Morgan fingerprint density at radius 3 is 2.46 bits per heavy atom. The largest absolute Gasteiger partial charge is 0.360 e. The van der Waals surface area contributed by atoms with E-state index in [2.05, 4.69) is 21.5 Å². The first-order valence-corrected chi connectivity index (χ1v) is 9.59. The predicted molar refractivity (Wildman–Crippen MR) is 99.1 cm³/mol. The summed E-state index contributed by atoms with van der Waals surface area (Å²) in [5, 5.41) is 0. The second kappa shape index (κ2) is 7.66. The summed E-state index contributed by atoms with van der Waals surface area (Å²) in [6.07, 6.45) is 3.77. The Labute approximate surface area is 144 Å². The molecule has 0 saturated carbocycles. The zero-order valence-corrected chi connectivity index (χ0v) is 15.5. The van der Waals surface area contributed by atoms with Gasteiger partial charge in [-0.3, -0.25) is 4.72 Å². The maximum absolute atomic E-state index is 12.5. The number of benzene rings is 1. The van der Waals surface area contributed by atoms with Gasteiger partial charge in [-0.05, 0) is 55.7 Å². The van der Waals surface area contributed by atoms with E-state index in [1.165, 1.54) is 0 Å². The van der Waals surface area contributed by atoms with Crippen LogP contribution in [0, 0.1) is 13.8 Å². The molecule has 130 valence electrons. The lowest BCUT2D eigenvalue weighted by Gasteiger charge is -2.18. The molecule has 0 fully saturated rings. The van der Waals surface area contributed by atoms with E-state index in [-0.39, 0.29) is 4.90 Å². The average molecular weight is 347 g/mol. The molecule has 5 nitrogen and oxygen atoms in total. The van der Waals surface area contributed by atoms with Crippen LogP contribution in [0.1, 0.15) is 30.9 Å². The van der Waals surface area contributed by atoms with E-state index in [0.717, 1.165) is 36.3 Å². The number of sulfonamides is 1. The molecule has 0 bridgehead atoms. The Bertz CT molecular complexity index is 786. The van der Waals surface area contributed by atoms with Gasteiger partial charge in [-0.15, -0.1) is 0 Å². The molecular weight excluding hydrogens is 322 g/mol. The van der Waals surface area contributed by atoms with E-state index in [1.807, 2.05) is 33.0 Å². The fourth-order valence-corrected chi connectivity index (χ4v) is 3.41. The monoisotopic (exact) mass is 347 g/mol. The van der Waals surface area contributed by atoms with E-state index >= 15 is 0 Å². The molecule has 1 N–H and O–H groups in total. The van der Waals surface area contributed by atoms with Crippen molar-refractivity contribution >= 4 is 21.5 Å². The van der Waals surface area contributed by atoms with Crippen LogP contribution in [-0.2, 0) is 10.0 Å². The van der Waals surface area contributed by atoms with Crippen molar-refractivity contribution in [3.63, 3.8) is 0 Å². The number of pyridine rings is 1. The number of aryl methyl sites for hydroxylation is 2. The number of unbranched alkanes of at least 4 members (excludes halogenated alkanes) is 1. The average Bonchev–Trinajstić information content (AvgIpc) is 2.55. The summed E-state index contributed by atoms with van der Waals surface area (Å²) in [4.78, 5) is 6.66. The summed E-state index contributed by atoms with van der Waals surface area (Å²) in [5.41, 5.74) is 2.47. The van der Waals surface area contributed by atoms with Gasteiger partial charge in [-0.25, -0.2) is 13.4 Å². The lowest BCUT2D eigenvalue weighted by molar-refractivity contribution is 0.601. The highest BCUT2D eigenvalue weighted by Gasteiger charge is 2.15. The van der Waals surface area contributed by atoms with Crippen molar-refractivity contribution in [2.45, 2.75) is 38.5 Å². The van der Waals surface area contributed by atoms with E-state index < -0.39 is 10.0 Å². The molecule has 0 aliphatic heterocycles. The van der Waals surface area contributed by atoms with Crippen LogP contribution >= 0.6 is 0 Å². The van der Waals surface area contributed by atoms with Gasteiger partial charge in [-0.1, -0.05) is 19.4 Å². The summed E-state index contributed by atoms with van der Waals surface area (Å²) in [7, 11) is -1.62. The van der Waals surface area contributed by atoms with E-state index in [4.69, 9.17) is 0 Å². The zero-order chi connectivity index (χ0) is 17.7. The van der Waals surface area contributed by atoms with Gasteiger partial charge in [0, 0.05) is 13.6 Å². The van der Waals surface area contributed by atoms with E-state index in [9.17, 15) is 8.42 Å². The van der Waals surface area contributed by atoms with Crippen molar-refractivity contribution in [2.75, 3.05) is 23.2 Å². The van der Waals surface area contributed by atoms with Crippen molar-refractivity contribution in [1.29, 1.82) is 0 Å². The molecular formula is C18H25N3O2S. The van der Waals surface area contributed by atoms with Crippen molar-refractivity contribution in [1.82, 2.24) is 4.98 Å². The molecule has 1 aromatic heterocycles. The van der Waals surface area contributed by atoms with Crippen LogP contribution in [0.3, 0.4) is 0 Å². The van der Waals surface area contributed by atoms with Crippen LogP contribution in [0.25, 0.3) is 0 Å². The first kappa shape index (κ1) is 18.3. The minimum atomic E-state index is -3.60.